The fraction of sp³-hybridized carbons (Fsp3) is 0.571. The highest BCUT2D eigenvalue weighted by Gasteiger charge is 2.18. The summed E-state index contributed by atoms with van der Waals surface area (Å²) in [7, 11) is 3.49. The number of aromatic hydroxyl groups is 1. The zero-order valence-corrected chi connectivity index (χ0v) is 18.8. The van der Waals surface area contributed by atoms with Gasteiger partial charge in [0.1, 0.15) is 9.57 Å². The molecule has 0 amide bonds. The third kappa shape index (κ3) is 5.39. The largest absolute Gasteiger partial charge is 0.508 e. The van der Waals surface area contributed by atoms with Crippen LogP contribution in [0.3, 0.4) is 0 Å². The molecule has 6 heteroatoms. The van der Waals surface area contributed by atoms with E-state index in [1.54, 1.807) is 20.7 Å². The molecule has 0 atom stereocenters. The van der Waals surface area contributed by atoms with Gasteiger partial charge < -0.3 is 10.0 Å². The van der Waals surface area contributed by atoms with Crippen molar-refractivity contribution in [3.05, 3.63) is 33.1 Å². The average Bonchev–Trinajstić information content (AvgIpc) is 3.04. The highest BCUT2D eigenvalue weighted by Crippen LogP contribution is 2.37. The van der Waals surface area contributed by atoms with Crippen molar-refractivity contribution in [2.45, 2.75) is 46.1 Å². The first-order valence-corrected chi connectivity index (χ1v) is 12.6. The van der Waals surface area contributed by atoms with Crippen LogP contribution in [0.5, 0.6) is 5.75 Å². The predicted molar refractivity (Wildman–Crippen MR) is 121 cm³/mol. The molecule has 0 bridgehead atoms. The molecule has 1 aliphatic rings. The standard InChI is InChI=1S/C21H30N2OS3/c1-3-5-6-18-20(26-27-21(18)25)16-7-8-19(24)17(14-16)15-23-12-10-22(9-4-2)11-13-23/h7-8,14,24H,3-6,9-13,15H2,1-2H3. The molecule has 0 saturated carbocycles. The zero-order chi connectivity index (χ0) is 19.2. The van der Waals surface area contributed by atoms with Gasteiger partial charge in [-0.25, -0.2) is 0 Å². The normalized spacial score (nSPS) is 16.1. The number of nitrogens with zero attached hydrogens (tertiary/aromatic N) is 2. The number of rotatable bonds is 8. The molecule has 0 aliphatic carbocycles. The molecule has 1 aromatic heterocycles. The van der Waals surface area contributed by atoms with Crippen molar-refractivity contribution < 1.29 is 5.11 Å². The molecule has 1 saturated heterocycles. The second kappa shape index (κ2) is 10.1. The van der Waals surface area contributed by atoms with Crippen LogP contribution in [0.15, 0.2) is 18.2 Å². The first-order chi connectivity index (χ1) is 13.1. The molecule has 2 heterocycles. The highest BCUT2D eigenvalue weighted by atomic mass is 32.9. The number of piperazine rings is 1. The maximum Gasteiger partial charge on any atom is 0.120 e. The third-order valence-corrected chi connectivity index (χ3v) is 8.43. The van der Waals surface area contributed by atoms with Gasteiger partial charge in [-0.15, -0.1) is 0 Å². The van der Waals surface area contributed by atoms with Crippen LogP contribution in [0, 0.1) is 3.82 Å². The summed E-state index contributed by atoms with van der Waals surface area (Å²) < 4.78 is 1.03. The van der Waals surface area contributed by atoms with Gasteiger partial charge in [0.25, 0.3) is 0 Å². The number of hydrogen-bond acceptors (Lipinski definition) is 6. The van der Waals surface area contributed by atoms with Crippen LogP contribution >= 0.6 is 32.9 Å². The van der Waals surface area contributed by atoms with E-state index in [0.29, 0.717) is 5.75 Å². The summed E-state index contributed by atoms with van der Waals surface area (Å²) in [6, 6.07) is 6.08. The Morgan fingerprint density at radius 1 is 1.04 bits per heavy atom. The van der Waals surface area contributed by atoms with E-state index in [0.717, 1.165) is 48.5 Å². The number of benzene rings is 1. The van der Waals surface area contributed by atoms with Crippen LogP contribution in [0.4, 0.5) is 0 Å². The number of unbranched alkanes of at least 4 members (excludes halogenated alkanes) is 1. The van der Waals surface area contributed by atoms with Crippen molar-refractivity contribution in [2.24, 2.45) is 0 Å². The lowest BCUT2D eigenvalue weighted by Crippen LogP contribution is -2.45. The number of phenolic OH excluding ortho intramolecular Hbond substituents is 1. The summed E-state index contributed by atoms with van der Waals surface area (Å²) >= 11 is 5.57. The summed E-state index contributed by atoms with van der Waals surface area (Å²) in [5, 5.41) is 10.4. The van der Waals surface area contributed by atoms with Crippen LogP contribution < -0.4 is 0 Å². The van der Waals surface area contributed by atoms with E-state index in [1.165, 1.54) is 41.8 Å². The molecule has 0 spiro atoms. The molecule has 0 unspecified atom stereocenters. The van der Waals surface area contributed by atoms with E-state index >= 15 is 0 Å². The Labute approximate surface area is 175 Å². The fourth-order valence-corrected chi connectivity index (χ4v) is 6.65. The molecule has 3 rings (SSSR count). The third-order valence-electron chi connectivity index (χ3n) is 5.24. The molecule has 1 fully saturated rings. The number of hydrogen-bond donors (Lipinski definition) is 1. The van der Waals surface area contributed by atoms with Gasteiger partial charge in [0.05, 0.1) is 4.88 Å². The van der Waals surface area contributed by atoms with Gasteiger partial charge in [-0.1, -0.05) is 53.2 Å². The van der Waals surface area contributed by atoms with Gasteiger partial charge in [-0.05, 0) is 55.1 Å². The Morgan fingerprint density at radius 3 is 2.48 bits per heavy atom. The van der Waals surface area contributed by atoms with E-state index in [9.17, 15) is 5.11 Å². The van der Waals surface area contributed by atoms with Crippen molar-refractivity contribution in [3.63, 3.8) is 0 Å². The van der Waals surface area contributed by atoms with E-state index < -0.39 is 0 Å². The first kappa shape index (κ1) is 20.9. The quantitative estimate of drug-likeness (QED) is 0.431. The number of phenols is 1. The summed E-state index contributed by atoms with van der Waals surface area (Å²) in [6.07, 6.45) is 4.63. The minimum atomic E-state index is 0.406. The summed E-state index contributed by atoms with van der Waals surface area (Å²) in [6.45, 7) is 10.9. The second-order valence-corrected chi connectivity index (χ2v) is 10.1. The van der Waals surface area contributed by atoms with Crippen LogP contribution in [-0.2, 0) is 13.0 Å². The maximum absolute atomic E-state index is 10.4. The summed E-state index contributed by atoms with van der Waals surface area (Å²) in [5.41, 5.74) is 3.56. The van der Waals surface area contributed by atoms with E-state index in [2.05, 4.69) is 29.7 Å². The molecular weight excluding hydrogens is 392 g/mol. The molecule has 1 N–H and O–H groups in total. The van der Waals surface area contributed by atoms with E-state index in [1.807, 2.05) is 12.1 Å². The molecular formula is C21H30N2OS3. The molecule has 148 valence electrons. The SMILES string of the molecule is CCCCc1c(-c2ccc(O)c(CN3CCN(CCC)CC3)c2)ssc1=S. The van der Waals surface area contributed by atoms with Gasteiger partial charge in [0.15, 0.2) is 0 Å². The van der Waals surface area contributed by atoms with Crippen LogP contribution in [-0.4, -0.2) is 47.6 Å². The zero-order valence-electron chi connectivity index (χ0n) is 16.4. The van der Waals surface area contributed by atoms with Crippen LogP contribution in [0.1, 0.15) is 44.2 Å². The summed E-state index contributed by atoms with van der Waals surface area (Å²) in [5.74, 6) is 0.406. The molecule has 2 aromatic rings. The lowest BCUT2D eigenvalue weighted by atomic mass is 10.0. The Balaban J connectivity index is 1.75. The smallest absolute Gasteiger partial charge is 0.120 e. The van der Waals surface area contributed by atoms with Gasteiger partial charge in [0.2, 0.25) is 0 Å². The lowest BCUT2D eigenvalue weighted by molar-refractivity contribution is 0.126. The molecule has 0 radical (unpaired) electrons. The maximum atomic E-state index is 10.4. The van der Waals surface area contributed by atoms with Crippen molar-refractivity contribution in [3.8, 4) is 16.2 Å². The Hall–Kier alpha value is -0.790. The minimum Gasteiger partial charge on any atom is -0.508 e. The van der Waals surface area contributed by atoms with E-state index in [4.69, 9.17) is 12.2 Å². The second-order valence-electron chi connectivity index (χ2n) is 7.33. The monoisotopic (exact) mass is 422 g/mol. The van der Waals surface area contributed by atoms with Gasteiger partial charge in [0, 0.05) is 38.3 Å². The van der Waals surface area contributed by atoms with Crippen LogP contribution in [0.25, 0.3) is 10.4 Å². The van der Waals surface area contributed by atoms with Gasteiger partial charge >= 0.3 is 0 Å². The molecule has 3 nitrogen and oxygen atoms in total. The van der Waals surface area contributed by atoms with Crippen molar-refractivity contribution >= 4 is 32.9 Å². The fourth-order valence-electron chi connectivity index (χ4n) is 3.65. The predicted octanol–water partition coefficient (Wildman–Crippen LogP) is 5.78. The van der Waals surface area contributed by atoms with Crippen molar-refractivity contribution in [1.82, 2.24) is 9.80 Å². The highest BCUT2D eigenvalue weighted by molar-refractivity contribution is 7.80. The van der Waals surface area contributed by atoms with Crippen molar-refractivity contribution in [2.75, 3.05) is 32.7 Å². The molecule has 27 heavy (non-hydrogen) atoms. The lowest BCUT2D eigenvalue weighted by Gasteiger charge is -2.34. The summed E-state index contributed by atoms with van der Waals surface area (Å²) in [4.78, 5) is 6.29. The Kier molecular flexibility index (Phi) is 7.85. The van der Waals surface area contributed by atoms with Crippen molar-refractivity contribution in [1.29, 1.82) is 0 Å². The van der Waals surface area contributed by atoms with E-state index in [-0.39, 0.29) is 0 Å². The molecule has 1 aromatic carbocycles. The first-order valence-electron chi connectivity index (χ1n) is 10.0. The molecule has 1 aliphatic heterocycles. The van der Waals surface area contributed by atoms with Crippen LogP contribution in [0.2, 0.25) is 0 Å². The topological polar surface area (TPSA) is 26.7 Å². The Bertz CT molecular complexity index is 791. The minimum absolute atomic E-state index is 0.406. The average molecular weight is 423 g/mol. The van der Waals surface area contributed by atoms with Gasteiger partial charge in [-0.3, -0.25) is 4.90 Å². The van der Waals surface area contributed by atoms with Gasteiger partial charge in [-0.2, -0.15) is 0 Å². The Morgan fingerprint density at radius 2 is 1.78 bits per heavy atom.